The van der Waals surface area contributed by atoms with Crippen molar-refractivity contribution in [2.24, 2.45) is 0 Å². The largest absolute Gasteiger partial charge is 0.493 e. The summed E-state index contributed by atoms with van der Waals surface area (Å²) in [7, 11) is 0. The molecule has 3 aromatic rings. The molecule has 0 bridgehead atoms. The molecule has 1 N–H and O–H groups in total. The molecule has 0 fully saturated rings. The second kappa shape index (κ2) is 11.0. The van der Waals surface area contributed by atoms with Crippen molar-refractivity contribution in [3.8, 4) is 5.75 Å². The number of allylic oxidation sites excluding steroid dienone is 2. The molecule has 5 heteroatoms. The molecule has 0 saturated carbocycles. The summed E-state index contributed by atoms with van der Waals surface area (Å²) in [5.41, 5.74) is 3.24. The monoisotopic (exact) mass is 403 g/mol. The molecule has 0 aliphatic rings. The minimum Gasteiger partial charge on any atom is -0.493 e. The molecular weight excluding hydrogens is 374 g/mol. The molecule has 0 atom stereocenters. The number of imidazole rings is 1. The van der Waals surface area contributed by atoms with Crippen LogP contribution in [0.25, 0.3) is 11.0 Å². The molecule has 2 aromatic carbocycles. The summed E-state index contributed by atoms with van der Waals surface area (Å²) in [6.45, 7) is 7.63. The van der Waals surface area contributed by atoms with Gasteiger partial charge < -0.3 is 14.6 Å². The lowest BCUT2D eigenvalue weighted by molar-refractivity contribution is -0.116. The number of benzene rings is 2. The number of aryl methyl sites for hydroxylation is 1. The normalized spacial score (nSPS) is 11.1. The standard InChI is InChI=1S/C25H29N3O2/c1-3-10-20-12-5-8-15-23(20)30-19-9-18-28-22-14-7-6-13-21(22)27-24(28)16-17-26-25(29)11-4-2/h3-8,11-15H,1,9-10,16-19H2,2H3,(H,26,29)/b11-4+. The van der Waals surface area contributed by atoms with Gasteiger partial charge >= 0.3 is 0 Å². The van der Waals surface area contributed by atoms with E-state index in [9.17, 15) is 4.79 Å². The van der Waals surface area contributed by atoms with E-state index in [1.807, 2.05) is 49.4 Å². The maximum absolute atomic E-state index is 11.7. The summed E-state index contributed by atoms with van der Waals surface area (Å²) in [6, 6.07) is 16.2. The summed E-state index contributed by atoms with van der Waals surface area (Å²) >= 11 is 0. The summed E-state index contributed by atoms with van der Waals surface area (Å²) in [4.78, 5) is 16.4. The molecule has 0 saturated heterocycles. The number of nitrogens with one attached hydrogen (secondary N) is 1. The lowest BCUT2D eigenvalue weighted by Crippen LogP contribution is -2.24. The van der Waals surface area contributed by atoms with E-state index in [1.165, 1.54) is 6.08 Å². The third-order valence-corrected chi connectivity index (χ3v) is 4.82. The van der Waals surface area contributed by atoms with Crippen LogP contribution in [0.3, 0.4) is 0 Å². The number of ether oxygens (including phenoxy) is 1. The van der Waals surface area contributed by atoms with Gasteiger partial charge in [-0.15, -0.1) is 6.58 Å². The van der Waals surface area contributed by atoms with E-state index >= 15 is 0 Å². The smallest absolute Gasteiger partial charge is 0.243 e. The first kappa shape index (κ1) is 21.4. The van der Waals surface area contributed by atoms with E-state index in [2.05, 4.69) is 28.6 Å². The number of carbonyl (C=O) groups excluding carboxylic acids is 1. The van der Waals surface area contributed by atoms with Gasteiger partial charge in [0.1, 0.15) is 11.6 Å². The van der Waals surface area contributed by atoms with Crippen molar-refractivity contribution in [2.45, 2.75) is 32.7 Å². The molecule has 0 spiro atoms. The number of para-hydroxylation sites is 3. The van der Waals surface area contributed by atoms with Gasteiger partial charge in [-0.25, -0.2) is 4.98 Å². The molecule has 5 nitrogen and oxygen atoms in total. The highest BCUT2D eigenvalue weighted by atomic mass is 16.5. The van der Waals surface area contributed by atoms with Crippen molar-refractivity contribution < 1.29 is 9.53 Å². The Morgan fingerprint density at radius 3 is 2.83 bits per heavy atom. The van der Waals surface area contributed by atoms with Crippen LogP contribution in [0.15, 0.2) is 73.3 Å². The summed E-state index contributed by atoms with van der Waals surface area (Å²) < 4.78 is 8.27. The molecule has 0 radical (unpaired) electrons. The molecule has 1 aromatic heterocycles. The van der Waals surface area contributed by atoms with Gasteiger partial charge in [0.05, 0.1) is 17.6 Å². The van der Waals surface area contributed by atoms with E-state index in [-0.39, 0.29) is 5.91 Å². The molecule has 3 rings (SSSR count). The quantitative estimate of drug-likeness (QED) is 0.292. The second-order valence-electron chi connectivity index (χ2n) is 7.01. The van der Waals surface area contributed by atoms with Crippen LogP contribution >= 0.6 is 0 Å². The summed E-state index contributed by atoms with van der Waals surface area (Å²) in [6.07, 6.45) is 7.50. The van der Waals surface area contributed by atoms with E-state index < -0.39 is 0 Å². The molecule has 0 aliphatic carbocycles. The topological polar surface area (TPSA) is 56.1 Å². The highest BCUT2D eigenvalue weighted by Gasteiger charge is 2.11. The Labute approximate surface area is 178 Å². The Kier molecular flexibility index (Phi) is 7.84. The maximum atomic E-state index is 11.7. The first-order chi connectivity index (χ1) is 14.7. The molecule has 1 heterocycles. The number of fused-ring (bicyclic) bond motifs is 1. The number of hydrogen-bond acceptors (Lipinski definition) is 3. The van der Waals surface area contributed by atoms with Crippen LogP contribution in [-0.4, -0.2) is 28.6 Å². The Hall–Kier alpha value is -3.34. The first-order valence-corrected chi connectivity index (χ1v) is 10.4. The first-order valence-electron chi connectivity index (χ1n) is 10.4. The van der Waals surface area contributed by atoms with E-state index in [1.54, 1.807) is 6.08 Å². The minimum absolute atomic E-state index is 0.0771. The van der Waals surface area contributed by atoms with Gasteiger partial charge in [-0.1, -0.05) is 42.5 Å². The molecule has 30 heavy (non-hydrogen) atoms. The third-order valence-electron chi connectivity index (χ3n) is 4.82. The Balaban J connectivity index is 1.63. The van der Waals surface area contributed by atoms with Crippen LogP contribution in [0.4, 0.5) is 0 Å². The van der Waals surface area contributed by atoms with Crippen molar-refractivity contribution in [1.82, 2.24) is 14.9 Å². The number of carbonyl (C=O) groups is 1. The Bertz CT molecular complexity index is 1020. The SMILES string of the molecule is C=CCc1ccccc1OCCCn1c(CCNC(=O)/C=C/C)nc2ccccc21. The zero-order valence-electron chi connectivity index (χ0n) is 17.5. The predicted molar refractivity (Wildman–Crippen MR) is 122 cm³/mol. The van der Waals surface area contributed by atoms with Crippen LogP contribution in [-0.2, 0) is 24.2 Å². The van der Waals surface area contributed by atoms with Crippen molar-refractivity contribution in [2.75, 3.05) is 13.2 Å². The zero-order valence-corrected chi connectivity index (χ0v) is 17.5. The Morgan fingerprint density at radius 2 is 2.00 bits per heavy atom. The Morgan fingerprint density at radius 1 is 1.20 bits per heavy atom. The summed E-state index contributed by atoms with van der Waals surface area (Å²) in [5.74, 6) is 1.82. The van der Waals surface area contributed by atoms with Crippen molar-refractivity contribution in [3.05, 3.63) is 84.7 Å². The minimum atomic E-state index is -0.0771. The maximum Gasteiger partial charge on any atom is 0.243 e. The van der Waals surface area contributed by atoms with E-state index in [0.29, 0.717) is 19.6 Å². The predicted octanol–water partition coefficient (Wildman–Crippen LogP) is 4.47. The average Bonchev–Trinajstić information content (AvgIpc) is 3.10. The average molecular weight is 404 g/mol. The van der Waals surface area contributed by atoms with Crippen molar-refractivity contribution in [1.29, 1.82) is 0 Å². The number of rotatable bonds is 11. The molecule has 1 amide bonds. The fourth-order valence-corrected chi connectivity index (χ4v) is 3.45. The lowest BCUT2D eigenvalue weighted by Gasteiger charge is -2.12. The molecule has 0 unspecified atom stereocenters. The van der Waals surface area contributed by atoms with E-state index in [0.717, 1.165) is 47.6 Å². The van der Waals surface area contributed by atoms with Gasteiger partial charge in [-0.2, -0.15) is 0 Å². The highest BCUT2D eigenvalue weighted by Crippen LogP contribution is 2.20. The number of amides is 1. The van der Waals surface area contributed by atoms with Crippen molar-refractivity contribution in [3.63, 3.8) is 0 Å². The lowest BCUT2D eigenvalue weighted by atomic mass is 10.1. The van der Waals surface area contributed by atoms with Crippen LogP contribution < -0.4 is 10.1 Å². The van der Waals surface area contributed by atoms with Crippen LogP contribution in [0, 0.1) is 0 Å². The van der Waals surface area contributed by atoms with Gasteiger partial charge in [0.25, 0.3) is 0 Å². The fraction of sp³-hybridized carbons (Fsp3) is 0.280. The van der Waals surface area contributed by atoms with Gasteiger partial charge in [0, 0.05) is 19.5 Å². The molecule has 0 aliphatic heterocycles. The summed E-state index contributed by atoms with van der Waals surface area (Å²) in [5, 5.41) is 2.90. The van der Waals surface area contributed by atoms with Gasteiger partial charge in [-0.05, 0) is 49.6 Å². The fourth-order valence-electron chi connectivity index (χ4n) is 3.45. The molecular formula is C25H29N3O2. The number of hydrogen-bond donors (Lipinski definition) is 1. The highest BCUT2D eigenvalue weighted by molar-refractivity contribution is 5.87. The number of nitrogens with zero attached hydrogens (tertiary/aromatic N) is 2. The molecule has 156 valence electrons. The van der Waals surface area contributed by atoms with Crippen molar-refractivity contribution >= 4 is 16.9 Å². The third kappa shape index (κ3) is 5.60. The van der Waals surface area contributed by atoms with Gasteiger partial charge in [0.2, 0.25) is 5.91 Å². The van der Waals surface area contributed by atoms with Gasteiger partial charge in [0.15, 0.2) is 0 Å². The number of aromatic nitrogens is 2. The van der Waals surface area contributed by atoms with Crippen LogP contribution in [0.1, 0.15) is 24.7 Å². The second-order valence-corrected chi connectivity index (χ2v) is 7.01. The van der Waals surface area contributed by atoms with Crippen LogP contribution in [0.2, 0.25) is 0 Å². The van der Waals surface area contributed by atoms with Gasteiger partial charge in [-0.3, -0.25) is 4.79 Å². The zero-order chi connectivity index (χ0) is 21.2. The van der Waals surface area contributed by atoms with E-state index in [4.69, 9.17) is 9.72 Å². The van der Waals surface area contributed by atoms with Crippen LogP contribution in [0.5, 0.6) is 5.75 Å².